The summed E-state index contributed by atoms with van der Waals surface area (Å²) in [7, 11) is -3.59. The number of fused-ring (bicyclic) bond motifs is 1. The van der Waals surface area contributed by atoms with Crippen LogP contribution in [-0.4, -0.2) is 25.5 Å². The molecule has 6 aromatic rings. The molecule has 0 amide bonds. The molecule has 0 bridgehead atoms. The Hall–Kier alpha value is -3.48. The van der Waals surface area contributed by atoms with Crippen LogP contribution in [0.1, 0.15) is 25.3 Å². The monoisotopic (exact) mass is 1020 g/mol. The van der Waals surface area contributed by atoms with E-state index < -0.39 is 54.3 Å². The number of ether oxygens (including phenoxy) is 1. The summed E-state index contributed by atoms with van der Waals surface area (Å²) >= 11 is 1.40. The minimum atomic E-state index is -6.10. The zero-order chi connectivity index (χ0) is 39.5. The van der Waals surface area contributed by atoms with E-state index in [2.05, 4.69) is 19.1 Å². The van der Waals surface area contributed by atoms with Crippen LogP contribution in [0.15, 0.2) is 120 Å². The molecule has 0 fully saturated rings. The number of halogens is 8. The van der Waals surface area contributed by atoms with Gasteiger partial charge in [0.25, 0.3) is 0 Å². The topological polar surface area (TPSA) is 52.6 Å². The Labute approximate surface area is 341 Å². The van der Waals surface area contributed by atoms with Gasteiger partial charge in [-0.2, -0.15) is 26.3 Å². The predicted octanol–water partition coefficient (Wildman–Crippen LogP) is 13.9. The molecule has 0 aromatic heterocycles. The van der Waals surface area contributed by atoms with Crippen molar-refractivity contribution in [1.82, 2.24) is 0 Å². The summed E-state index contributed by atoms with van der Waals surface area (Å²) in [6.07, 6.45) is -2.40. The molecular formula is C41H32F6I2O4S2. The van der Waals surface area contributed by atoms with Gasteiger partial charge >= 0.3 is 318 Å². The van der Waals surface area contributed by atoms with Gasteiger partial charge in [0.15, 0.2) is 0 Å². The molecule has 0 spiro atoms. The van der Waals surface area contributed by atoms with Gasteiger partial charge < -0.3 is 0 Å². The van der Waals surface area contributed by atoms with Crippen LogP contribution in [0.3, 0.4) is 0 Å². The number of alkyl halides is 7. The number of benzene rings is 6. The molecule has 0 saturated heterocycles. The van der Waals surface area contributed by atoms with Crippen LogP contribution in [0.25, 0.3) is 55.3 Å². The van der Waals surface area contributed by atoms with Crippen LogP contribution in [0.2, 0.25) is 0 Å². The van der Waals surface area contributed by atoms with E-state index in [9.17, 15) is 34.8 Å². The van der Waals surface area contributed by atoms with E-state index in [4.69, 9.17) is 8.92 Å². The molecule has 6 aromatic carbocycles. The molecule has 0 heterocycles. The molecule has 55 heavy (non-hydrogen) atoms. The van der Waals surface area contributed by atoms with Crippen LogP contribution in [0.5, 0.6) is 11.5 Å². The first-order valence-corrected chi connectivity index (χ1v) is 24.3. The molecule has 0 aliphatic heterocycles. The SMILES string of the molecule is CCCC[IH]c1ccc(-c2c(-c3ccc(OC)cc3)c(-c3ccccc3)c(-c3ccc(C(F)(F)F)cc3)c3cc(OS(=O)(=O)C(F)(F)F)c(SI)cc23)cc1. The van der Waals surface area contributed by atoms with Gasteiger partial charge in [-0.15, -0.1) is 0 Å². The van der Waals surface area contributed by atoms with Crippen molar-refractivity contribution in [2.75, 3.05) is 11.5 Å². The van der Waals surface area contributed by atoms with Gasteiger partial charge in [0, 0.05) is 0 Å². The fraction of sp³-hybridized carbons (Fsp3) is 0.171. The van der Waals surface area contributed by atoms with E-state index in [1.165, 1.54) is 21.8 Å². The summed E-state index contributed by atoms with van der Waals surface area (Å²) in [4.78, 5) is 0.0943. The Morgan fingerprint density at radius 3 is 1.71 bits per heavy atom. The fourth-order valence-corrected chi connectivity index (χ4v) is 10.9. The molecule has 0 saturated carbocycles. The second-order valence-corrected chi connectivity index (χ2v) is 19.1. The summed E-state index contributed by atoms with van der Waals surface area (Å²) in [5.41, 5.74) is -1.80. The average molecular weight is 1020 g/mol. The molecule has 0 aliphatic rings. The average Bonchev–Trinajstić information content (AvgIpc) is 3.16. The summed E-state index contributed by atoms with van der Waals surface area (Å²) in [6.45, 7) is 2.15. The van der Waals surface area contributed by atoms with Crippen molar-refractivity contribution < 1.29 is 43.7 Å². The van der Waals surface area contributed by atoms with Crippen molar-refractivity contribution in [3.8, 4) is 56.0 Å². The molecule has 0 unspecified atom stereocenters. The number of unbranched alkanes of at least 4 members (excludes halogenated alkanes) is 1. The van der Waals surface area contributed by atoms with Crippen LogP contribution in [0.4, 0.5) is 26.3 Å². The summed E-state index contributed by atoms with van der Waals surface area (Å²) < 4.78 is 120. The number of rotatable bonds is 12. The summed E-state index contributed by atoms with van der Waals surface area (Å²) in [6, 6.07) is 32.0. The van der Waals surface area contributed by atoms with Crippen molar-refractivity contribution in [3.05, 3.63) is 124 Å². The number of methoxy groups -OCH3 is 1. The molecule has 6 rings (SSSR count). The molecule has 0 atom stereocenters. The fourth-order valence-electron chi connectivity index (χ4n) is 6.20. The second-order valence-electron chi connectivity index (χ2n) is 12.3. The first kappa shape index (κ1) is 41.2. The van der Waals surface area contributed by atoms with Gasteiger partial charge in [-0.3, -0.25) is 0 Å². The van der Waals surface area contributed by atoms with Crippen molar-refractivity contribution in [3.63, 3.8) is 0 Å². The molecule has 0 N–H and O–H groups in total. The molecule has 14 heteroatoms. The van der Waals surface area contributed by atoms with Gasteiger partial charge in [0.05, 0.1) is 0 Å². The van der Waals surface area contributed by atoms with E-state index in [0.717, 1.165) is 49.5 Å². The Morgan fingerprint density at radius 1 is 0.691 bits per heavy atom. The Balaban J connectivity index is 1.82. The molecule has 4 nitrogen and oxygen atoms in total. The van der Waals surface area contributed by atoms with E-state index >= 15 is 0 Å². The third kappa shape index (κ3) is 8.91. The van der Waals surface area contributed by atoms with Crippen molar-refractivity contribution in [1.29, 1.82) is 0 Å². The third-order valence-electron chi connectivity index (χ3n) is 8.79. The van der Waals surface area contributed by atoms with Crippen molar-refractivity contribution in [2.24, 2.45) is 0 Å². The maximum absolute atomic E-state index is 13.8. The normalized spacial score (nSPS) is 12.3. The second kappa shape index (κ2) is 16.9. The molecular weight excluding hydrogens is 988 g/mol. The van der Waals surface area contributed by atoms with E-state index in [0.29, 0.717) is 44.5 Å². The van der Waals surface area contributed by atoms with Crippen LogP contribution < -0.4 is 8.92 Å². The van der Waals surface area contributed by atoms with Gasteiger partial charge in [-0.05, 0) is 0 Å². The third-order valence-corrected chi connectivity index (χ3v) is 14.8. The van der Waals surface area contributed by atoms with Crippen LogP contribution >= 0.6 is 51.3 Å². The van der Waals surface area contributed by atoms with Gasteiger partial charge in [0.1, 0.15) is 0 Å². The quantitative estimate of drug-likeness (QED) is 0.0305. The number of hydrogen-bond donors (Lipinski definition) is 0. The zero-order valence-corrected chi connectivity index (χ0v) is 35.2. The Bertz CT molecular complexity index is 2400. The molecule has 0 radical (unpaired) electrons. The van der Waals surface area contributed by atoms with Crippen molar-refractivity contribution in [2.45, 2.75) is 36.3 Å². The maximum atomic E-state index is 13.8. The van der Waals surface area contributed by atoms with E-state index in [1.54, 1.807) is 25.3 Å². The molecule has 288 valence electrons. The van der Waals surface area contributed by atoms with E-state index in [1.807, 2.05) is 75.8 Å². The molecule has 0 aliphatic carbocycles. The van der Waals surface area contributed by atoms with E-state index in [-0.39, 0.29) is 10.3 Å². The minimum absolute atomic E-state index is 0.0943. The van der Waals surface area contributed by atoms with Gasteiger partial charge in [0.2, 0.25) is 0 Å². The van der Waals surface area contributed by atoms with Gasteiger partial charge in [-0.1, -0.05) is 0 Å². The predicted molar refractivity (Wildman–Crippen MR) is 227 cm³/mol. The first-order chi connectivity index (χ1) is 26.2. The van der Waals surface area contributed by atoms with Crippen LogP contribution in [0, 0.1) is 3.57 Å². The standard InChI is InChI=1S/C41H32F6I2O4S2/c1-3-4-22-49-30-18-12-27(13-19-30)37-33-24-35(54-48)34(53-55(50,51)41(45,46)47)23-32(33)36(26-10-16-29(17-11-26)40(42,43)44)38(25-8-6-5-7-9-25)39(37)28-14-20-31(52-2)21-15-28/h5-21,23-24,49H,3-4,22H2,1-2H3. The van der Waals surface area contributed by atoms with Crippen LogP contribution in [-0.2, 0) is 16.3 Å². The first-order valence-electron chi connectivity index (χ1n) is 16.7. The summed E-state index contributed by atoms with van der Waals surface area (Å²) in [5, 5.41) is 0.791. The summed E-state index contributed by atoms with van der Waals surface area (Å²) in [5.74, 6) is 0.0177. The number of hydrogen-bond acceptors (Lipinski definition) is 5. The van der Waals surface area contributed by atoms with Gasteiger partial charge in [-0.25, -0.2) is 0 Å². The Morgan fingerprint density at radius 2 is 1.20 bits per heavy atom. The zero-order valence-electron chi connectivity index (χ0n) is 29.1. The Kier molecular flexibility index (Phi) is 12.7. The van der Waals surface area contributed by atoms with Crippen molar-refractivity contribution >= 4 is 72.2 Å².